The van der Waals surface area contributed by atoms with Gasteiger partial charge in [0.25, 0.3) is 0 Å². The van der Waals surface area contributed by atoms with Gasteiger partial charge in [0, 0.05) is 17.4 Å². The molecule has 98 valence electrons. The molecule has 0 fully saturated rings. The molecule has 0 saturated carbocycles. The van der Waals surface area contributed by atoms with E-state index in [1.54, 1.807) is 6.07 Å². The number of ether oxygens (including phenoxy) is 1. The number of rotatable bonds is 2. The highest BCUT2D eigenvalue weighted by Gasteiger charge is 2.32. The first-order chi connectivity index (χ1) is 8.44. The van der Waals surface area contributed by atoms with Crippen LogP contribution in [0.2, 0.25) is 0 Å². The largest absolute Gasteiger partial charge is 0.573 e. The molecule has 1 N–H and O–H groups in total. The van der Waals surface area contributed by atoms with Crippen LogP contribution in [-0.2, 0) is 0 Å². The average Bonchev–Trinajstić information content (AvgIpc) is 2.72. The highest BCUT2D eigenvalue weighted by Crippen LogP contribution is 2.33. The third-order valence-electron chi connectivity index (χ3n) is 2.32. The Balaban J connectivity index is 2.22. The zero-order chi connectivity index (χ0) is 13.2. The Hall–Kier alpha value is -1.24. The van der Waals surface area contributed by atoms with Crippen LogP contribution in [0.3, 0.4) is 0 Å². The van der Waals surface area contributed by atoms with E-state index in [1.807, 2.05) is 0 Å². The van der Waals surface area contributed by atoms with Crippen molar-refractivity contribution in [3.63, 3.8) is 0 Å². The first kappa shape index (κ1) is 13.2. The first-order valence-electron chi connectivity index (χ1n) is 5.30. The van der Waals surface area contributed by atoms with Gasteiger partial charge in [0.2, 0.25) is 0 Å². The van der Waals surface area contributed by atoms with Crippen molar-refractivity contribution in [1.29, 1.82) is 0 Å². The van der Waals surface area contributed by atoms with Crippen molar-refractivity contribution in [3.05, 3.63) is 22.7 Å². The molecule has 2 rings (SSSR count). The number of nitrogens with zero attached hydrogens (tertiary/aromatic N) is 1. The van der Waals surface area contributed by atoms with Crippen LogP contribution in [-0.4, -0.2) is 18.7 Å². The topological polar surface area (TPSA) is 33.6 Å². The lowest BCUT2D eigenvalue weighted by atomic mass is 10.2. The molecule has 0 spiro atoms. The van der Waals surface area contributed by atoms with Crippen LogP contribution in [0, 0.1) is 0 Å². The highest BCUT2D eigenvalue weighted by atomic mass is 79.9. The molecule has 3 nitrogen and oxygen atoms in total. The van der Waals surface area contributed by atoms with Crippen molar-refractivity contribution in [2.75, 3.05) is 11.9 Å². The normalized spacial score (nSPS) is 15.4. The molecular formula is C11H10BrF3N2O. The van der Waals surface area contributed by atoms with Gasteiger partial charge in [0.1, 0.15) is 5.84 Å². The number of halogens is 4. The standard InChI is InChI=1S/C11H10BrF3N2O/c12-7-3-4-8(17-10-2-1-5-16-10)9(6-7)18-11(13,14)15/h3-4,6H,1-2,5H2,(H,16,17). The van der Waals surface area contributed by atoms with Crippen molar-refractivity contribution in [1.82, 2.24) is 0 Å². The number of aliphatic imine (C=N–C) groups is 1. The number of nitrogens with one attached hydrogen (secondary N) is 1. The summed E-state index contributed by atoms with van der Waals surface area (Å²) in [4.78, 5) is 4.15. The minimum Gasteiger partial charge on any atom is -0.404 e. The molecule has 18 heavy (non-hydrogen) atoms. The molecule has 0 radical (unpaired) electrons. The van der Waals surface area contributed by atoms with Crippen LogP contribution in [0.15, 0.2) is 27.7 Å². The minimum absolute atomic E-state index is 0.260. The molecule has 1 aromatic carbocycles. The van der Waals surface area contributed by atoms with Crippen molar-refractivity contribution in [2.45, 2.75) is 19.2 Å². The number of hydrogen-bond acceptors (Lipinski definition) is 3. The van der Waals surface area contributed by atoms with Gasteiger partial charge in [0.05, 0.1) is 5.69 Å². The van der Waals surface area contributed by atoms with Gasteiger partial charge in [-0.3, -0.25) is 4.99 Å². The molecule has 7 heteroatoms. The molecule has 0 atom stereocenters. The van der Waals surface area contributed by atoms with Crippen molar-refractivity contribution < 1.29 is 17.9 Å². The van der Waals surface area contributed by atoms with E-state index in [0.29, 0.717) is 16.9 Å². The van der Waals surface area contributed by atoms with Gasteiger partial charge >= 0.3 is 6.36 Å². The Morgan fingerprint density at radius 3 is 2.72 bits per heavy atom. The summed E-state index contributed by atoms with van der Waals surface area (Å²) >= 11 is 3.11. The summed E-state index contributed by atoms with van der Waals surface area (Å²) in [5.74, 6) is 0.413. The van der Waals surface area contributed by atoms with Crippen LogP contribution in [0.25, 0.3) is 0 Å². The maximum atomic E-state index is 12.3. The van der Waals surface area contributed by atoms with Crippen molar-refractivity contribution in [3.8, 4) is 5.75 Å². The minimum atomic E-state index is -4.71. The monoisotopic (exact) mass is 322 g/mol. The molecular weight excluding hydrogens is 313 g/mol. The fraction of sp³-hybridized carbons (Fsp3) is 0.364. The second kappa shape index (κ2) is 5.17. The van der Waals surface area contributed by atoms with Gasteiger partial charge in [0.15, 0.2) is 5.75 Å². The maximum Gasteiger partial charge on any atom is 0.573 e. The Morgan fingerprint density at radius 2 is 2.11 bits per heavy atom. The lowest BCUT2D eigenvalue weighted by Crippen LogP contribution is -2.19. The third kappa shape index (κ3) is 3.63. The third-order valence-corrected chi connectivity index (χ3v) is 2.82. The molecule has 1 heterocycles. The van der Waals surface area contributed by atoms with Crippen molar-refractivity contribution >= 4 is 27.5 Å². The highest BCUT2D eigenvalue weighted by molar-refractivity contribution is 9.10. The Labute approximate surface area is 110 Å². The number of anilines is 1. The molecule has 0 aromatic heterocycles. The van der Waals surface area contributed by atoms with Crippen LogP contribution in [0.4, 0.5) is 18.9 Å². The van der Waals surface area contributed by atoms with E-state index in [-0.39, 0.29) is 11.4 Å². The van der Waals surface area contributed by atoms with E-state index >= 15 is 0 Å². The molecule has 0 bridgehead atoms. The van der Waals surface area contributed by atoms with Crippen molar-refractivity contribution in [2.24, 2.45) is 4.99 Å². The Kier molecular flexibility index (Phi) is 3.79. The van der Waals surface area contributed by atoms with Crippen LogP contribution in [0.1, 0.15) is 12.8 Å². The van der Waals surface area contributed by atoms with Gasteiger partial charge in [-0.2, -0.15) is 0 Å². The molecule has 0 unspecified atom stereocenters. The van der Waals surface area contributed by atoms with Gasteiger partial charge in [-0.25, -0.2) is 0 Å². The fourth-order valence-corrected chi connectivity index (χ4v) is 1.95. The number of alkyl halides is 3. The summed E-state index contributed by atoms with van der Waals surface area (Å²) in [6.07, 6.45) is -3.06. The van der Waals surface area contributed by atoms with E-state index in [9.17, 15) is 13.2 Å². The molecule has 0 amide bonds. The number of benzene rings is 1. The molecule has 0 saturated heterocycles. The molecule has 0 aliphatic carbocycles. The summed E-state index contributed by atoms with van der Waals surface area (Å²) < 4.78 is 41.3. The Morgan fingerprint density at radius 1 is 1.33 bits per heavy atom. The quantitative estimate of drug-likeness (QED) is 0.894. The summed E-state index contributed by atoms with van der Waals surface area (Å²) in [6.45, 7) is 0.703. The number of hydrogen-bond donors (Lipinski definition) is 1. The Bertz CT molecular complexity index is 474. The lowest BCUT2D eigenvalue weighted by Gasteiger charge is -2.14. The fourth-order valence-electron chi connectivity index (χ4n) is 1.61. The van der Waals surface area contributed by atoms with Gasteiger partial charge in [-0.15, -0.1) is 13.2 Å². The van der Waals surface area contributed by atoms with Crippen LogP contribution >= 0.6 is 15.9 Å². The first-order valence-corrected chi connectivity index (χ1v) is 6.09. The molecule has 1 aliphatic heterocycles. The SMILES string of the molecule is FC(F)(F)Oc1cc(Br)ccc1NC1=NCCC1. The second-order valence-corrected chi connectivity index (χ2v) is 4.66. The number of amidine groups is 1. The maximum absolute atomic E-state index is 12.3. The predicted octanol–water partition coefficient (Wildman–Crippen LogP) is 3.95. The van der Waals surface area contributed by atoms with E-state index in [1.165, 1.54) is 12.1 Å². The van der Waals surface area contributed by atoms with E-state index in [2.05, 4.69) is 31.0 Å². The summed E-state index contributed by atoms with van der Waals surface area (Å²) in [5.41, 5.74) is 0.260. The molecule has 1 aliphatic rings. The summed E-state index contributed by atoms with van der Waals surface area (Å²) in [5, 5.41) is 2.86. The van der Waals surface area contributed by atoms with Gasteiger partial charge < -0.3 is 10.1 Å². The van der Waals surface area contributed by atoms with E-state index in [4.69, 9.17) is 0 Å². The smallest absolute Gasteiger partial charge is 0.404 e. The van der Waals surface area contributed by atoms with Crippen LogP contribution in [0.5, 0.6) is 5.75 Å². The predicted molar refractivity (Wildman–Crippen MR) is 66.0 cm³/mol. The zero-order valence-electron chi connectivity index (χ0n) is 9.22. The summed E-state index contributed by atoms with van der Waals surface area (Å²) in [7, 11) is 0. The van der Waals surface area contributed by atoms with E-state index in [0.717, 1.165) is 12.8 Å². The molecule has 1 aromatic rings. The van der Waals surface area contributed by atoms with E-state index < -0.39 is 6.36 Å². The zero-order valence-corrected chi connectivity index (χ0v) is 10.8. The van der Waals surface area contributed by atoms with Gasteiger partial charge in [-0.05, 0) is 24.6 Å². The lowest BCUT2D eigenvalue weighted by molar-refractivity contribution is -0.274. The van der Waals surface area contributed by atoms with Crippen LogP contribution < -0.4 is 10.1 Å². The summed E-state index contributed by atoms with van der Waals surface area (Å²) in [6, 6.07) is 4.43. The average molecular weight is 323 g/mol. The van der Waals surface area contributed by atoms with Gasteiger partial charge in [-0.1, -0.05) is 15.9 Å². The second-order valence-electron chi connectivity index (χ2n) is 3.75.